The molecule has 0 bridgehead atoms. The van der Waals surface area contributed by atoms with E-state index in [1.807, 2.05) is 48.5 Å². The first-order valence-electron chi connectivity index (χ1n) is 18.6. The van der Waals surface area contributed by atoms with Gasteiger partial charge in [-0.25, -0.2) is 4.98 Å². The Morgan fingerprint density at radius 3 is 2.45 bits per heavy atom. The highest BCUT2D eigenvalue weighted by Crippen LogP contribution is 2.46. The lowest BCUT2D eigenvalue weighted by atomic mass is 9.94. The zero-order valence-corrected chi connectivity index (χ0v) is 32.0. The van der Waals surface area contributed by atoms with Crippen LogP contribution in [0.4, 0.5) is 13.2 Å². The molecule has 11 nitrogen and oxygen atoms in total. The molecule has 1 amide bonds. The van der Waals surface area contributed by atoms with Crippen LogP contribution in [-0.2, 0) is 35.3 Å². The van der Waals surface area contributed by atoms with Gasteiger partial charge in [-0.3, -0.25) is 14.5 Å². The number of amides is 1. The number of nitrogens with one attached hydrogen (secondary N) is 2. The smallest absolute Gasteiger partial charge is 0.421 e. The number of hydrogen-bond donors (Lipinski definition) is 3. The van der Waals surface area contributed by atoms with Gasteiger partial charge in [-0.05, 0) is 74.4 Å². The summed E-state index contributed by atoms with van der Waals surface area (Å²) in [6.07, 6.45) is -2.30. The van der Waals surface area contributed by atoms with Crippen molar-refractivity contribution < 1.29 is 42.1 Å². The number of likely N-dealkylation sites (tertiary alicyclic amines) is 1. The molecule has 1 aliphatic carbocycles. The molecule has 2 aromatic carbocycles. The quantitative estimate of drug-likeness (QED) is 0.126. The standard InChI is InChI=1S/C41H43ClF3N5O6/c1-40(39(52)53)17-6-18-50(40)22-24-19-31(41(43,44)45)38(49-37(24)55-3)56-33-15-13-27-26(7-4-8-28(27)33)29-9-5-10-30(35(29)42)32-14-11-23(36(48-32)54-2)20-46-21-25-12-16-34(51)47-25/h4-5,7-11,14,19,25,33,46H,6,12-13,15-18,20-22H2,1-3H3,(H,47,51)(H,52,53)/t25-,33-,40-/m0/s1. The molecule has 0 spiro atoms. The minimum absolute atomic E-state index is 0.0585. The van der Waals surface area contributed by atoms with Crippen molar-refractivity contribution in [3.63, 3.8) is 0 Å². The minimum Gasteiger partial charge on any atom is -0.481 e. The SMILES string of the molecule is COc1nc(-c2cccc(-c3cccc4c3CC[C@@H]4Oc3nc(OC)c(CN4CCC[C@@]4(C)C(=O)O)cc3C(F)(F)F)c2Cl)ccc1CNC[C@@H]1CCC(=O)N1. The number of ether oxygens (including phenoxy) is 3. The van der Waals surface area contributed by atoms with Crippen molar-refractivity contribution in [2.75, 3.05) is 27.3 Å². The van der Waals surface area contributed by atoms with Crippen molar-refractivity contribution in [3.8, 4) is 40.0 Å². The predicted molar refractivity (Wildman–Crippen MR) is 203 cm³/mol. The van der Waals surface area contributed by atoms with Gasteiger partial charge in [0.05, 0.1) is 24.9 Å². The van der Waals surface area contributed by atoms with Crippen molar-refractivity contribution in [1.29, 1.82) is 0 Å². The van der Waals surface area contributed by atoms with E-state index in [2.05, 4.69) is 15.6 Å². The van der Waals surface area contributed by atoms with Crippen LogP contribution in [0.1, 0.15) is 72.9 Å². The summed E-state index contributed by atoms with van der Waals surface area (Å²) in [5, 5.41) is 16.6. The van der Waals surface area contributed by atoms with Crippen LogP contribution in [0.25, 0.3) is 22.4 Å². The Morgan fingerprint density at radius 2 is 1.73 bits per heavy atom. The Bertz CT molecular complexity index is 2150. The second-order valence-electron chi connectivity index (χ2n) is 14.6. The van der Waals surface area contributed by atoms with Crippen LogP contribution in [0, 0.1) is 0 Å². The van der Waals surface area contributed by atoms with Gasteiger partial charge in [-0.1, -0.05) is 54.1 Å². The number of nitrogens with zero attached hydrogens (tertiary/aromatic N) is 3. The summed E-state index contributed by atoms with van der Waals surface area (Å²) in [5.74, 6) is -1.19. The number of carboxylic acids is 1. The summed E-state index contributed by atoms with van der Waals surface area (Å²) in [4.78, 5) is 34.2. The molecule has 3 N–H and O–H groups in total. The van der Waals surface area contributed by atoms with Crippen LogP contribution < -0.4 is 24.8 Å². The molecule has 3 aliphatic rings. The van der Waals surface area contributed by atoms with E-state index in [1.165, 1.54) is 7.11 Å². The van der Waals surface area contributed by atoms with Crippen LogP contribution in [0.2, 0.25) is 5.02 Å². The van der Waals surface area contributed by atoms with Gasteiger partial charge >= 0.3 is 12.1 Å². The summed E-state index contributed by atoms with van der Waals surface area (Å²) in [6, 6.07) is 16.1. The summed E-state index contributed by atoms with van der Waals surface area (Å²) in [7, 11) is 2.87. The molecule has 15 heteroatoms. The molecule has 4 aromatic rings. The third kappa shape index (κ3) is 7.74. The molecule has 0 saturated carbocycles. The number of aromatic nitrogens is 2. The third-order valence-electron chi connectivity index (χ3n) is 11.1. The van der Waals surface area contributed by atoms with E-state index >= 15 is 0 Å². The van der Waals surface area contributed by atoms with Gasteiger partial charge in [0, 0.05) is 54.4 Å². The number of benzene rings is 2. The zero-order chi connectivity index (χ0) is 39.8. The van der Waals surface area contributed by atoms with E-state index in [4.69, 9.17) is 30.8 Å². The lowest BCUT2D eigenvalue weighted by Crippen LogP contribution is -2.47. The number of rotatable bonds is 13. The molecule has 0 radical (unpaired) electrons. The van der Waals surface area contributed by atoms with Gasteiger partial charge in [-0.15, -0.1) is 0 Å². The molecule has 296 valence electrons. The number of carbonyl (C=O) groups excluding carboxylic acids is 1. The molecule has 4 heterocycles. The number of aliphatic carboxylic acids is 1. The number of hydrogen-bond acceptors (Lipinski definition) is 9. The molecule has 7 rings (SSSR count). The van der Waals surface area contributed by atoms with E-state index < -0.39 is 35.2 Å². The van der Waals surface area contributed by atoms with E-state index in [-0.39, 0.29) is 29.9 Å². The fourth-order valence-electron chi connectivity index (χ4n) is 8.03. The number of carboxylic acid groups (broad SMARTS) is 1. The molecular weight excluding hydrogens is 751 g/mol. The maximum atomic E-state index is 14.6. The van der Waals surface area contributed by atoms with Crippen molar-refractivity contribution in [2.24, 2.45) is 0 Å². The van der Waals surface area contributed by atoms with Crippen LogP contribution in [-0.4, -0.2) is 70.7 Å². The first-order valence-corrected chi connectivity index (χ1v) is 18.9. The molecule has 0 unspecified atom stereocenters. The van der Waals surface area contributed by atoms with E-state index in [9.17, 15) is 27.9 Å². The molecule has 56 heavy (non-hydrogen) atoms. The topological polar surface area (TPSA) is 135 Å². The number of alkyl halides is 3. The first-order chi connectivity index (χ1) is 26.8. The van der Waals surface area contributed by atoms with Crippen molar-refractivity contribution in [1.82, 2.24) is 25.5 Å². The van der Waals surface area contributed by atoms with Crippen molar-refractivity contribution in [2.45, 2.75) is 82.4 Å². The van der Waals surface area contributed by atoms with Crippen LogP contribution in [0.5, 0.6) is 17.6 Å². The highest BCUT2D eigenvalue weighted by molar-refractivity contribution is 6.36. The maximum absolute atomic E-state index is 14.6. The highest BCUT2D eigenvalue weighted by atomic mass is 35.5. The van der Waals surface area contributed by atoms with Crippen molar-refractivity contribution in [3.05, 3.63) is 87.4 Å². The second kappa shape index (κ2) is 15.9. The molecule has 2 aliphatic heterocycles. The van der Waals surface area contributed by atoms with E-state index in [0.717, 1.165) is 40.3 Å². The number of halogens is 4. The number of fused-ring (bicyclic) bond motifs is 1. The Morgan fingerprint density at radius 1 is 1.00 bits per heavy atom. The van der Waals surface area contributed by atoms with Gasteiger partial charge in [0.2, 0.25) is 23.5 Å². The van der Waals surface area contributed by atoms with Gasteiger partial charge in [-0.2, -0.15) is 18.2 Å². The second-order valence-corrected chi connectivity index (χ2v) is 15.0. The fraction of sp³-hybridized carbons (Fsp3) is 0.415. The Balaban J connectivity index is 1.14. The predicted octanol–water partition coefficient (Wildman–Crippen LogP) is 7.37. The zero-order valence-electron chi connectivity index (χ0n) is 31.3. The highest BCUT2D eigenvalue weighted by Gasteiger charge is 2.44. The van der Waals surface area contributed by atoms with Crippen LogP contribution in [0.3, 0.4) is 0 Å². The maximum Gasteiger partial charge on any atom is 0.421 e. The molecule has 2 fully saturated rings. The average Bonchev–Trinajstić information content (AvgIpc) is 3.90. The number of carbonyl (C=O) groups is 2. The van der Waals surface area contributed by atoms with Crippen LogP contribution in [0.15, 0.2) is 54.6 Å². The lowest BCUT2D eigenvalue weighted by Gasteiger charge is -2.31. The summed E-state index contributed by atoms with van der Waals surface area (Å²) in [6.45, 7) is 3.04. The number of pyridine rings is 2. The molecular formula is C41H43ClF3N5O6. The van der Waals surface area contributed by atoms with Crippen LogP contribution >= 0.6 is 11.6 Å². The summed E-state index contributed by atoms with van der Waals surface area (Å²) < 4.78 is 61.1. The van der Waals surface area contributed by atoms with Gasteiger partial charge in [0.1, 0.15) is 17.2 Å². The Hall–Kier alpha value is -4.92. The van der Waals surface area contributed by atoms with Gasteiger partial charge in [0.15, 0.2) is 0 Å². The monoisotopic (exact) mass is 793 g/mol. The van der Waals surface area contributed by atoms with E-state index in [1.54, 1.807) is 18.9 Å². The lowest BCUT2D eigenvalue weighted by molar-refractivity contribution is -0.149. The fourth-order valence-corrected chi connectivity index (χ4v) is 8.36. The van der Waals surface area contributed by atoms with E-state index in [0.29, 0.717) is 73.9 Å². The minimum atomic E-state index is -4.80. The summed E-state index contributed by atoms with van der Waals surface area (Å²) in [5.41, 5.74) is 3.19. The Kier molecular flexibility index (Phi) is 11.2. The normalized spacial score (nSPS) is 20.9. The third-order valence-corrected chi connectivity index (χ3v) is 11.5. The number of methoxy groups -OCH3 is 2. The van der Waals surface area contributed by atoms with Gasteiger partial charge in [0.25, 0.3) is 0 Å². The largest absolute Gasteiger partial charge is 0.481 e. The van der Waals surface area contributed by atoms with Gasteiger partial charge < -0.3 is 30.0 Å². The molecule has 2 saturated heterocycles. The molecule has 3 atom stereocenters. The van der Waals surface area contributed by atoms with Crippen molar-refractivity contribution >= 4 is 23.5 Å². The summed E-state index contributed by atoms with van der Waals surface area (Å²) >= 11 is 7.12. The molecule has 2 aromatic heterocycles. The first kappa shape index (κ1) is 39.3. The Labute approximate surface area is 327 Å². The average molecular weight is 794 g/mol.